The lowest BCUT2D eigenvalue weighted by atomic mass is 9.96. The molecule has 1 heterocycles. The van der Waals surface area contributed by atoms with Crippen LogP contribution in [0.3, 0.4) is 0 Å². The molecule has 4 rings (SSSR count). The Labute approximate surface area is 198 Å². The highest BCUT2D eigenvalue weighted by molar-refractivity contribution is 7.89. The van der Waals surface area contributed by atoms with Crippen molar-refractivity contribution in [3.8, 4) is 0 Å². The number of hydrogen-bond acceptors (Lipinski definition) is 2. The van der Waals surface area contributed by atoms with Crippen LogP contribution in [0.5, 0.6) is 0 Å². The number of benzene rings is 3. The lowest BCUT2D eigenvalue weighted by molar-refractivity contribution is -1.02. The summed E-state index contributed by atoms with van der Waals surface area (Å²) in [5, 5.41) is 0. The molecular formula is C27H35N3O2S+2. The number of piperazine rings is 1. The second kappa shape index (κ2) is 10.2. The van der Waals surface area contributed by atoms with Crippen LogP contribution in [0.2, 0.25) is 0 Å². The number of nitrogens with one attached hydrogen (secondary N) is 3. The Kier molecular flexibility index (Phi) is 7.29. The van der Waals surface area contributed by atoms with E-state index in [2.05, 4.69) is 65.4 Å². The van der Waals surface area contributed by atoms with Gasteiger partial charge in [-0.15, -0.1) is 0 Å². The van der Waals surface area contributed by atoms with Crippen LogP contribution in [0.25, 0.3) is 0 Å². The van der Waals surface area contributed by atoms with Crippen LogP contribution in [0.4, 0.5) is 0 Å². The summed E-state index contributed by atoms with van der Waals surface area (Å²) < 4.78 is 28.6. The molecule has 0 radical (unpaired) electrons. The maximum atomic E-state index is 12.8. The number of quaternary nitrogens is 2. The van der Waals surface area contributed by atoms with E-state index >= 15 is 0 Å². The predicted octanol–water partition coefficient (Wildman–Crippen LogP) is 1.32. The van der Waals surface area contributed by atoms with E-state index in [0.717, 1.165) is 32.7 Å². The first-order chi connectivity index (χ1) is 15.8. The SMILES string of the molecule is CC(C)(C[NH+]1CC[NH+](C(c2ccccc2)c2ccccc2)CC1)NS(=O)(=O)c1ccccc1. The quantitative estimate of drug-likeness (QED) is 0.470. The van der Waals surface area contributed by atoms with Crippen LogP contribution in [-0.4, -0.2) is 46.7 Å². The summed E-state index contributed by atoms with van der Waals surface area (Å²) in [5.41, 5.74) is 2.16. The van der Waals surface area contributed by atoms with Gasteiger partial charge in [0.1, 0.15) is 32.2 Å². The summed E-state index contributed by atoms with van der Waals surface area (Å²) in [6.07, 6.45) is 0. The van der Waals surface area contributed by atoms with Gasteiger partial charge in [0.25, 0.3) is 0 Å². The van der Waals surface area contributed by atoms with Gasteiger partial charge in [0.05, 0.1) is 17.0 Å². The zero-order valence-corrected chi connectivity index (χ0v) is 20.3. The summed E-state index contributed by atoms with van der Waals surface area (Å²) in [5.74, 6) is 0. The fraction of sp³-hybridized carbons (Fsp3) is 0.333. The Morgan fingerprint density at radius 2 is 1.21 bits per heavy atom. The molecule has 0 aliphatic carbocycles. The van der Waals surface area contributed by atoms with E-state index in [9.17, 15) is 8.42 Å². The smallest absolute Gasteiger partial charge is 0.241 e. The van der Waals surface area contributed by atoms with E-state index in [4.69, 9.17) is 0 Å². The van der Waals surface area contributed by atoms with Gasteiger partial charge in [-0.2, -0.15) is 4.72 Å². The summed E-state index contributed by atoms with van der Waals surface area (Å²) >= 11 is 0. The van der Waals surface area contributed by atoms with Gasteiger partial charge in [-0.05, 0) is 26.0 Å². The van der Waals surface area contributed by atoms with E-state index in [1.165, 1.54) is 16.0 Å². The first-order valence-electron chi connectivity index (χ1n) is 11.7. The molecule has 1 fully saturated rings. The molecule has 3 aromatic carbocycles. The second-order valence-corrected chi connectivity index (χ2v) is 11.3. The molecule has 6 heteroatoms. The molecule has 1 aliphatic rings. The zero-order valence-electron chi connectivity index (χ0n) is 19.5. The molecule has 3 aromatic rings. The van der Waals surface area contributed by atoms with Gasteiger partial charge in [-0.3, -0.25) is 0 Å². The number of sulfonamides is 1. The molecule has 0 bridgehead atoms. The monoisotopic (exact) mass is 465 g/mol. The van der Waals surface area contributed by atoms with Crippen molar-refractivity contribution < 1.29 is 18.2 Å². The Balaban J connectivity index is 1.41. The molecule has 33 heavy (non-hydrogen) atoms. The Bertz CT molecular complexity index is 1070. The summed E-state index contributed by atoms with van der Waals surface area (Å²) in [6.45, 7) is 8.85. The minimum atomic E-state index is -3.53. The third-order valence-electron chi connectivity index (χ3n) is 6.43. The first-order valence-corrected chi connectivity index (χ1v) is 13.2. The van der Waals surface area contributed by atoms with Crippen LogP contribution in [0.1, 0.15) is 31.0 Å². The van der Waals surface area contributed by atoms with Crippen LogP contribution >= 0.6 is 0 Å². The molecule has 0 spiro atoms. The van der Waals surface area contributed by atoms with E-state index in [1.807, 2.05) is 19.9 Å². The van der Waals surface area contributed by atoms with Crippen molar-refractivity contribution in [2.75, 3.05) is 32.7 Å². The van der Waals surface area contributed by atoms with Crippen molar-refractivity contribution >= 4 is 10.0 Å². The van der Waals surface area contributed by atoms with E-state index < -0.39 is 15.6 Å². The van der Waals surface area contributed by atoms with Crippen molar-refractivity contribution in [2.45, 2.75) is 30.3 Å². The third-order valence-corrected chi connectivity index (χ3v) is 8.14. The average Bonchev–Trinajstić information content (AvgIpc) is 2.81. The molecule has 0 aromatic heterocycles. The lowest BCUT2D eigenvalue weighted by Crippen LogP contribution is -3.28. The van der Waals surface area contributed by atoms with E-state index in [1.54, 1.807) is 29.2 Å². The van der Waals surface area contributed by atoms with Crippen molar-refractivity contribution in [1.82, 2.24) is 4.72 Å². The maximum Gasteiger partial charge on any atom is 0.241 e. The van der Waals surface area contributed by atoms with Gasteiger partial charge in [0.2, 0.25) is 10.0 Å². The van der Waals surface area contributed by atoms with Crippen LogP contribution < -0.4 is 14.5 Å². The molecule has 1 saturated heterocycles. The molecule has 3 N–H and O–H groups in total. The Morgan fingerprint density at radius 1 is 0.758 bits per heavy atom. The number of hydrogen-bond donors (Lipinski definition) is 3. The number of rotatable bonds is 8. The third kappa shape index (κ3) is 6.09. The van der Waals surface area contributed by atoms with E-state index in [-0.39, 0.29) is 0 Å². The summed E-state index contributed by atoms with van der Waals surface area (Å²) in [7, 11) is -3.53. The van der Waals surface area contributed by atoms with Gasteiger partial charge >= 0.3 is 0 Å². The van der Waals surface area contributed by atoms with Crippen LogP contribution in [-0.2, 0) is 10.0 Å². The second-order valence-electron chi connectivity index (χ2n) is 9.64. The van der Waals surface area contributed by atoms with Crippen molar-refractivity contribution in [3.63, 3.8) is 0 Å². The zero-order chi connectivity index (χ0) is 23.3. The highest BCUT2D eigenvalue weighted by Crippen LogP contribution is 2.19. The maximum absolute atomic E-state index is 12.8. The fourth-order valence-corrected chi connectivity index (χ4v) is 6.46. The fourth-order valence-electron chi connectivity index (χ4n) is 5.03. The highest BCUT2D eigenvalue weighted by atomic mass is 32.2. The largest absolute Gasteiger partial charge is 0.324 e. The molecule has 1 aliphatic heterocycles. The van der Waals surface area contributed by atoms with Gasteiger partial charge in [-0.1, -0.05) is 78.9 Å². The van der Waals surface area contributed by atoms with E-state index in [0.29, 0.717) is 10.9 Å². The van der Waals surface area contributed by atoms with Crippen LogP contribution in [0.15, 0.2) is 95.9 Å². The average molecular weight is 466 g/mol. The predicted molar refractivity (Wildman–Crippen MR) is 132 cm³/mol. The normalized spacial score (nSPS) is 19.5. The van der Waals surface area contributed by atoms with Gasteiger partial charge in [-0.25, -0.2) is 8.42 Å². The first kappa shape index (κ1) is 23.6. The minimum absolute atomic E-state index is 0.316. The Morgan fingerprint density at radius 3 is 1.70 bits per heavy atom. The molecular weight excluding hydrogens is 430 g/mol. The molecule has 0 amide bonds. The van der Waals surface area contributed by atoms with Gasteiger partial charge < -0.3 is 9.80 Å². The van der Waals surface area contributed by atoms with Crippen LogP contribution in [0, 0.1) is 0 Å². The van der Waals surface area contributed by atoms with Crippen molar-refractivity contribution in [3.05, 3.63) is 102 Å². The topological polar surface area (TPSA) is 55.1 Å². The molecule has 174 valence electrons. The standard InChI is InChI=1S/C27H33N3O2S/c1-27(2,28-33(31,32)25-16-10-5-11-17-25)22-29-18-20-30(21-19-29)26(23-12-6-3-7-13-23)24-14-8-4-9-15-24/h3-17,26,28H,18-22H2,1-2H3/p+2. The lowest BCUT2D eigenvalue weighted by Gasteiger charge is -2.37. The molecule has 0 atom stereocenters. The molecule has 0 unspecified atom stereocenters. The van der Waals surface area contributed by atoms with Crippen molar-refractivity contribution in [2.24, 2.45) is 0 Å². The minimum Gasteiger partial charge on any atom is -0.324 e. The van der Waals surface area contributed by atoms with Crippen molar-refractivity contribution in [1.29, 1.82) is 0 Å². The van der Waals surface area contributed by atoms with Gasteiger partial charge in [0.15, 0.2) is 0 Å². The highest BCUT2D eigenvalue weighted by Gasteiger charge is 2.36. The molecule has 0 saturated carbocycles. The summed E-state index contributed by atoms with van der Waals surface area (Å²) in [6, 6.07) is 30.5. The molecule has 5 nitrogen and oxygen atoms in total. The summed E-state index contributed by atoms with van der Waals surface area (Å²) in [4.78, 5) is 3.33. The van der Waals surface area contributed by atoms with Gasteiger partial charge in [0, 0.05) is 11.1 Å². The Hall–Kier alpha value is -2.51.